The number of hydrogen-bond donors (Lipinski definition) is 1. The lowest BCUT2D eigenvalue weighted by Gasteiger charge is -2.21. The maximum atomic E-state index is 4.76. The summed E-state index contributed by atoms with van der Waals surface area (Å²) in [7, 11) is 2.05. The lowest BCUT2D eigenvalue weighted by molar-refractivity contribution is 0.475. The molecule has 0 atom stereocenters. The number of nitrogens with one attached hydrogen (secondary N) is 1. The molecule has 0 fully saturated rings. The molecule has 2 heterocycles. The van der Waals surface area contributed by atoms with Gasteiger partial charge in [0, 0.05) is 45.0 Å². The zero-order valence-electron chi connectivity index (χ0n) is 16.6. The molecule has 0 bridgehead atoms. The molecule has 0 saturated carbocycles. The molecule has 0 aliphatic heterocycles. The summed E-state index contributed by atoms with van der Waals surface area (Å²) < 4.78 is 3.89. The molecule has 148 valence electrons. The molecule has 3 aromatic rings. The Morgan fingerprint density at radius 1 is 1.14 bits per heavy atom. The molecule has 1 aromatic carbocycles. The minimum atomic E-state index is 0.749. The quantitative estimate of drug-likeness (QED) is 0.350. The Kier molecular flexibility index (Phi) is 7.17. The Bertz CT molecular complexity index is 838. The first-order valence-corrected chi connectivity index (χ1v) is 9.67. The highest BCUT2D eigenvalue weighted by molar-refractivity contribution is 5.79. The van der Waals surface area contributed by atoms with Gasteiger partial charge in [-0.1, -0.05) is 18.2 Å². The number of aliphatic imine (C=N–C) groups is 1. The van der Waals surface area contributed by atoms with Gasteiger partial charge in [-0.05, 0) is 31.9 Å². The highest BCUT2D eigenvalue weighted by atomic mass is 15.3. The Morgan fingerprint density at radius 3 is 2.68 bits per heavy atom. The van der Waals surface area contributed by atoms with Gasteiger partial charge in [-0.25, -0.2) is 4.68 Å². The number of hydrogen-bond acceptors (Lipinski definition) is 4. The molecule has 0 radical (unpaired) electrons. The number of para-hydroxylation sites is 1. The van der Waals surface area contributed by atoms with E-state index in [2.05, 4.69) is 45.7 Å². The van der Waals surface area contributed by atoms with Crippen molar-refractivity contribution in [1.29, 1.82) is 0 Å². The minimum Gasteiger partial charge on any atom is -0.357 e. The third-order valence-electron chi connectivity index (χ3n) is 4.33. The van der Waals surface area contributed by atoms with Gasteiger partial charge in [0.25, 0.3) is 0 Å². The molecule has 28 heavy (non-hydrogen) atoms. The maximum Gasteiger partial charge on any atom is 0.193 e. The molecule has 0 amide bonds. The van der Waals surface area contributed by atoms with Gasteiger partial charge in [-0.15, -0.1) is 10.2 Å². The molecule has 1 N–H and O–H groups in total. The van der Waals surface area contributed by atoms with Gasteiger partial charge >= 0.3 is 0 Å². The van der Waals surface area contributed by atoms with Crippen molar-refractivity contribution in [1.82, 2.24) is 34.8 Å². The summed E-state index contributed by atoms with van der Waals surface area (Å²) in [5, 5.41) is 15.5. The predicted molar refractivity (Wildman–Crippen MR) is 110 cm³/mol. The molecule has 0 aliphatic rings. The van der Waals surface area contributed by atoms with Crippen LogP contribution in [0.2, 0.25) is 0 Å². The van der Waals surface area contributed by atoms with E-state index in [1.54, 1.807) is 12.7 Å². The third-order valence-corrected chi connectivity index (χ3v) is 4.33. The highest BCUT2D eigenvalue weighted by Gasteiger charge is 2.08. The molecule has 0 spiro atoms. The monoisotopic (exact) mass is 380 g/mol. The average Bonchev–Trinajstić information content (AvgIpc) is 3.40. The fraction of sp³-hybridized carbons (Fsp3) is 0.400. The number of unbranched alkanes of at least 4 members (excludes halogenated alkanes) is 1. The van der Waals surface area contributed by atoms with E-state index in [9.17, 15) is 0 Å². The fourth-order valence-electron chi connectivity index (χ4n) is 2.91. The number of aromatic nitrogens is 5. The van der Waals surface area contributed by atoms with Gasteiger partial charge in [-0.2, -0.15) is 5.10 Å². The number of nitrogens with zero attached hydrogens (tertiary/aromatic N) is 7. The Hall–Kier alpha value is -3.16. The van der Waals surface area contributed by atoms with E-state index in [1.165, 1.54) is 0 Å². The number of aryl methyl sites for hydroxylation is 1. The van der Waals surface area contributed by atoms with Crippen molar-refractivity contribution in [3.8, 4) is 5.69 Å². The predicted octanol–water partition coefficient (Wildman–Crippen LogP) is 2.34. The molecule has 0 saturated heterocycles. The number of benzene rings is 1. The van der Waals surface area contributed by atoms with Crippen LogP contribution in [-0.2, 0) is 13.1 Å². The molecular weight excluding hydrogens is 352 g/mol. The average molecular weight is 381 g/mol. The van der Waals surface area contributed by atoms with Crippen molar-refractivity contribution in [2.45, 2.75) is 32.9 Å². The number of rotatable bonds is 9. The topological polar surface area (TPSA) is 76.2 Å². The zero-order valence-corrected chi connectivity index (χ0v) is 16.6. The molecule has 2 aromatic heterocycles. The second kappa shape index (κ2) is 10.2. The van der Waals surface area contributed by atoms with E-state index in [4.69, 9.17) is 4.99 Å². The highest BCUT2D eigenvalue weighted by Crippen LogP contribution is 2.09. The lowest BCUT2D eigenvalue weighted by atomic mass is 10.3. The first kappa shape index (κ1) is 19.6. The summed E-state index contributed by atoms with van der Waals surface area (Å²) >= 11 is 0. The minimum absolute atomic E-state index is 0.749. The SMILES string of the molecule is CCNC(=NCCCCn1cnnc1)N(C)Cc1cnn(-c2ccccc2)c1. The van der Waals surface area contributed by atoms with E-state index in [-0.39, 0.29) is 0 Å². The van der Waals surface area contributed by atoms with Gasteiger partial charge < -0.3 is 14.8 Å². The molecular formula is C20H28N8. The molecule has 0 unspecified atom stereocenters. The van der Waals surface area contributed by atoms with Gasteiger partial charge in [0.15, 0.2) is 5.96 Å². The summed E-state index contributed by atoms with van der Waals surface area (Å²) in [4.78, 5) is 6.89. The van der Waals surface area contributed by atoms with E-state index < -0.39 is 0 Å². The van der Waals surface area contributed by atoms with E-state index in [1.807, 2.05) is 45.8 Å². The van der Waals surface area contributed by atoms with Gasteiger partial charge in [0.2, 0.25) is 0 Å². The van der Waals surface area contributed by atoms with Crippen LogP contribution in [-0.4, -0.2) is 55.5 Å². The van der Waals surface area contributed by atoms with Crippen molar-refractivity contribution in [3.63, 3.8) is 0 Å². The molecule has 0 aliphatic carbocycles. The van der Waals surface area contributed by atoms with Crippen LogP contribution in [0.1, 0.15) is 25.3 Å². The normalized spacial score (nSPS) is 11.6. The molecule has 8 nitrogen and oxygen atoms in total. The summed E-state index contributed by atoms with van der Waals surface area (Å²) in [6, 6.07) is 10.1. The first-order valence-electron chi connectivity index (χ1n) is 9.67. The van der Waals surface area contributed by atoms with Crippen LogP contribution in [0, 0.1) is 0 Å². The van der Waals surface area contributed by atoms with Crippen molar-refractivity contribution >= 4 is 5.96 Å². The lowest BCUT2D eigenvalue weighted by Crippen LogP contribution is -2.38. The van der Waals surface area contributed by atoms with Gasteiger partial charge in [0.05, 0.1) is 11.9 Å². The Morgan fingerprint density at radius 2 is 1.93 bits per heavy atom. The zero-order chi connectivity index (χ0) is 19.6. The van der Waals surface area contributed by atoms with Crippen LogP contribution < -0.4 is 5.32 Å². The van der Waals surface area contributed by atoms with Crippen molar-refractivity contribution < 1.29 is 0 Å². The second-order valence-electron chi connectivity index (χ2n) is 6.63. The van der Waals surface area contributed by atoms with Gasteiger partial charge in [0.1, 0.15) is 12.7 Å². The molecule has 8 heteroatoms. The second-order valence-corrected chi connectivity index (χ2v) is 6.63. The summed E-state index contributed by atoms with van der Waals surface area (Å²) in [5.41, 5.74) is 2.20. The van der Waals surface area contributed by atoms with Crippen LogP contribution in [0.3, 0.4) is 0 Å². The fourth-order valence-corrected chi connectivity index (χ4v) is 2.91. The van der Waals surface area contributed by atoms with Crippen molar-refractivity contribution in [2.75, 3.05) is 20.1 Å². The third kappa shape index (κ3) is 5.67. The van der Waals surface area contributed by atoms with Gasteiger partial charge in [-0.3, -0.25) is 4.99 Å². The largest absolute Gasteiger partial charge is 0.357 e. The smallest absolute Gasteiger partial charge is 0.193 e. The van der Waals surface area contributed by atoms with E-state index in [0.29, 0.717) is 0 Å². The maximum absolute atomic E-state index is 4.76. The Labute approximate surface area is 165 Å². The standard InChI is InChI=1S/C20H28N8/c1-3-21-20(22-11-7-8-12-27-16-23-24-17-27)26(2)14-18-13-25-28(15-18)19-9-5-4-6-10-19/h4-6,9-10,13,15-17H,3,7-8,11-12,14H2,1-2H3,(H,21,22). The first-order chi connectivity index (χ1) is 13.8. The van der Waals surface area contributed by atoms with E-state index >= 15 is 0 Å². The van der Waals surface area contributed by atoms with Crippen molar-refractivity contribution in [2.24, 2.45) is 4.99 Å². The van der Waals surface area contributed by atoms with Crippen LogP contribution in [0.4, 0.5) is 0 Å². The van der Waals surface area contributed by atoms with E-state index in [0.717, 1.165) is 56.2 Å². The van der Waals surface area contributed by atoms with Crippen LogP contribution in [0.5, 0.6) is 0 Å². The van der Waals surface area contributed by atoms with Crippen LogP contribution in [0.25, 0.3) is 5.69 Å². The molecule has 3 rings (SSSR count). The summed E-state index contributed by atoms with van der Waals surface area (Å²) in [5.74, 6) is 0.916. The van der Waals surface area contributed by atoms with Crippen LogP contribution in [0.15, 0.2) is 60.4 Å². The number of guanidine groups is 1. The summed E-state index contributed by atoms with van der Waals surface area (Å²) in [6.07, 6.45) is 9.54. The summed E-state index contributed by atoms with van der Waals surface area (Å²) in [6.45, 7) is 5.39. The Balaban J connectivity index is 1.52. The van der Waals surface area contributed by atoms with Crippen LogP contribution >= 0.6 is 0 Å². The van der Waals surface area contributed by atoms with Crippen molar-refractivity contribution in [3.05, 3.63) is 60.9 Å².